The third-order valence-electron chi connectivity index (χ3n) is 6.01. The molecule has 6 heteroatoms. The normalized spacial score (nSPS) is 59.1. The molecule has 0 amide bonds. The van der Waals surface area contributed by atoms with Crippen molar-refractivity contribution in [2.75, 3.05) is 0 Å². The Bertz CT molecular complexity index is 544. The second kappa shape index (κ2) is 3.82. The third-order valence-corrected chi connectivity index (χ3v) is 6.68. The maximum absolute atomic E-state index is 11.9. The van der Waals surface area contributed by atoms with E-state index in [9.17, 15) is 15.0 Å². The molecule has 0 radical (unpaired) electrons. The number of hydrogen-bond acceptors (Lipinski definition) is 5. The average molecular weight is 315 g/mol. The van der Waals surface area contributed by atoms with Gasteiger partial charge < -0.3 is 19.7 Å². The number of halogens is 1. The quantitative estimate of drug-likeness (QED) is 0.321. The molecule has 0 bridgehead atoms. The summed E-state index contributed by atoms with van der Waals surface area (Å²) in [5, 5.41) is 20.5. The summed E-state index contributed by atoms with van der Waals surface area (Å²) in [6, 6.07) is 0. The van der Waals surface area contributed by atoms with Crippen LogP contribution in [0, 0.1) is 17.8 Å². The Hall–Kier alpha value is -0.620. The summed E-state index contributed by atoms with van der Waals surface area (Å²) in [6.45, 7) is 7.20. The summed E-state index contributed by atoms with van der Waals surface area (Å²) in [7, 11) is 0. The maximum Gasteiger partial charge on any atom is 0.334 e. The molecule has 0 aromatic heterocycles. The van der Waals surface area contributed by atoms with E-state index in [-0.39, 0.29) is 17.9 Å². The number of carbonyl (C=O) groups excluding carboxylic acids is 1. The number of ether oxygens (including phenoxy) is 2. The van der Waals surface area contributed by atoms with Crippen LogP contribution in [0.5, 0.6) is 0 Å². The standard InChI is InChI=1S/C15H19ClO5/c1-5-7-4-8(6(2)17)15-10(9(7)20-13(5)18)14(3,19)11(16)12(15)21-15/h6-12,17,19H,1,4H2,2-3H3/t6-,7-,8-,9-,10-,11+,12+,14+,15-/m0/s1. The second-order valence-corrected chi connectivity index (χ2v) is 7.55. The van der Waals surface area contributed by atoms with E-state index in [1.165, 1.54) is 0 Å². The number of alkyl halides is 1. The fourth-order valence-corrected chi connectivity index (χ4v) is 5.40. The van der Waals surface area contributed by atoms with E-state index < -0.39 is 40.7 Å². The Balaban J connectivity index is 1.83. The predicted octanol–water partition coefficient (Wildman–Crippen LogP) is 0.611. The first kappa shape index (κ1) is 14.0. The van der Waals surface area contributed by atoms with Gasteiger partial charge in [-0.3, -0.25) is 0 Å². The lowest BCUT2D eigenvalue weighted by molar-refractivity contribution is -0.164. The van der Waals surface area contributed by atoms with Crippen molar-refractivity contribution in [1.82, 2.24) is 0 Å². The smallest absolute Gasteiger partial charge is 0.334 e. The first-order valence-electron chi connectivity index (χ1n) is 7.35. The van der Waals surface area contributed by atoms with E-state index in [4.69, 9.17) is 21.1 Å². The van der Waals surface area contributed by atoms with Crippen LogP contribution in [-0.2, 0) is 14.3 Å². The lowest BCUT2D eigenvalue weighted by Crippen LogP contribution is -2.58. The Morgan fingerprint density at radius 3 is 2.81 bits per heavy atom. The molecule has 2 saturated carbocycles. The summed E-state index contributed by atoms with van der Waals surface area (Å²) in [5.74, 6) is -1.22. The number of aliphatic hydroxyl groups is 2. The molecule has 0 aromatic rings. The topological polar surface area (TPSA) is 79.3 Å². The van der Waals surface area contributed by atoms with Crippen LogP contribution >= 0.6 is 11.6 Å². The molecule has 0 aromatic carbocycles. The minimum Gasteiger partial charge on any atom is -0.458 e. The highest BCUT2D eigenvalue weighted by molar-refractivity contribution is 6.22. The van der Waals surface area contributed by atoms with Gasteiger partial charge in [-0.2, -0.15) is 0 Å². The first-order valence-corrected chi connectivity index (χ1v) is 7.78. The van der Waals surface area contributed by atoms with E-state index in [0.717, 1.165) is 0 Å². The minimum absolute atomic E-state index is 0.185. The van der Waals surface area contributed by atoms with E-state index in [1.807, 2.05) is 0 Å². The van der Waals surface area contributed by atoms with Crippen molar-refractivity contribution in [3.05, 3.63) is 12.2 Å². The molecule has 2 saturated heterocycles. The summed E-state index contributed by atoms with van der Waals surface area (Å²) in [6.07, 6.45) is -0.810. The van der Waals surface area contributed by atoms with E-state index in [2.05, 4.69) is 6.58 Å². The average Bonchev–Trinajstić information content (AvgIpc) is 2.98. The molecule has 2 aliphatic carbocycles. The first-order chi connectivity index (χ1) is 9.72. The zero-order chi connectivity index (χ0) is 15.3. The van der Waals surface area contributed by atoms with Crippen molar-refractivity contribution in [3.63, 3.8) is 0 Å². The molecule has 2 N–H and O–H groups in total. The van der Waals surface area contributed by atoms with Crippen LogP contribution in [0.25, 0.3) is 0 Å². The molecule has 5 nitrogen and oxygen atoms in total. The molecule has 1 spiro atoms. The van der Waals surface area contributed by atoms with E-state index in [0.29, 0.717) is 12.0 Å². The van der Waals surface area contributed by atoms with Gasteiger partial charge in [-0.1, -0.05) is 6.58 Å². The molecule has 4 fully saturated rings. The zero-order valence-electron chi connectivity index (χ0n) is 12.0. The monoisotopic (exact) mass is 314 g/mol. The number of rotatable bonds is 1. The lowest BCUT2D eigenvalue weighted by Gasteiger charge is -2.46. The van der Waals surface area contributed by atoms with Crippen LogP contribution in [0.3, 0.4) is 0 Å². The van der Waals surface area contributed by atoms with Gasteiger partial charge in [0.1, 0.15) is 17.8 Å². The molecule has 4 rings (SSSR count). The van der Waals surface area contributed by atoms with Gasteiger partial charge in [-0.25, -0.2) is 4.79 Å². The van der Waals surface area contributed by atoms with Gasteiger partial charge in [0.2, 0.25) is 0 Å². The number of carbonyl (C=O) groups is 1. The molecule has 21 heavy (non-hydrogen) atoms. The predicted molar refractivity (Wildman–Crippen MR) is 73.7 cm³/mol. The highest BCUT2D eigenvalue weighted by Gasteiger charge is 2.84. The molecule has 2 aliphatic heterocycles. The van der Waals surface area contributed by atoms with E-state index in [1.54, 1.807) is 13.8 Å². The SMILES string of the molecule is C=C1C(=O)O[C@H]2[C@H]1C[C@@H]([C@H](C)O)[C@@]13O[C@@H]1[C@@H](Cl)[C@](C)(O)[C@H]23. The van der Waals surface area contributed by atoms with Crippen molar-refractivity contribution in [3.8, 4) is 0 Å². The van der Waals surface area contributed by atoms with Gasteiger partial charge in [-0.15, -0.1) is 11.6 Å². The zero-order valence-corrected chi connectivity index (χ0v) is 12.7. The number of epoxide rings is 1. The van der Waals surface area contributed by atoms with Crippen LogP contribution in [0.2, 0.25) is 0 Å². The molecule has 116 valence electrons. The van der Waals surface area contributed by atoms with Crippen molar-refractivity contribution in [1.29, 1.82) is 0 Å². The van der Waals surface area contributed by atoms with Crippen LogP contribution in [0.4, 0.5) is 0 Å². The van der Waals surface area contributed by atoms with Gasteiger partial charge in [0.15, 0.2) is 0 Å². The second-order valence-electron chi connectivity index (χ2n) is 7.08. The molecule has 0 unspecified atom stereocenters. The van der Waals surface area contributed by atoms with Crippen LogP contribution in [0.15, 0.2) is 12.2 Å². The number of fused-ring (bicyclic) bond motifs is 2. The summed E-state index contributed by atoms with van der Waals surface area (Å²) >= 11 is 6.38. The molecular formula is C15H19ClO5. The fourth-order valence-electron chi connectivity index (χ4n) is 5.02. The molecule has 2 heterocycles. The van der Waals surface area contributed by atoms with Crippen molar-refractivity contribution < 1.29 is 24.5 Å². The van der Waals surface area contributed by atoms with Crippen LogP contribution < -0.4 is 0 Å². The summed E-state index contributed by atoms with van der Waals surface area (Å²) in [5.41, 5.74) is -1.46. The van der Waals surface area contributed by atoms with Crippen LogP contribution in [0.1, 0.15) is 20.3 Å². The largest absolute Gasteiger partial charge is 0.458 e. The lowest BCUT2D eigenvalue weighted by atomic mass is 9.62. The Labute approximate surface area is 127 Å². The van der Waals surface area contributed by atoms with Gasteiger partial charge in [0, 0.05) is 17.4 Å². The highest BCUT2D eigenvalue weighted by Crippen LogP contribution is 2.70. The van der Waals surface area contributed by atoms with Crippen LogP contribution in [-0.4, -0.2) is 51.1 Å². The molecule has 9 atom stereocenters. The Kier molecular flexibility index (Phi) is 2.55. The third kappa shape index (κ3) is 1.41. The van der Waals surface area contributed by atoms with Crippen molar-refractivity contribution in [2.45, 2.75) is 55.2 Å². The fraction of sp³-hybridized carbons (Fsp3) is 0.800. The van der Waals surface area contributed by atoms with Crippen molar-refractivity contribution in [2.24, 2.45) is 17.8 Å². The minimum atomic E-state index is -1.20. The number of hydrogen-bond donors (Lipinski definition) is 2. The maximum atomic E-state index is 11.9. The van der Waals surface area contributed by atoms with E-state index >= 15 is 0 Å². The Morgan fingerprint density at radius 1 is 1.52 bits per heavy atom. The highest BCUT2D eigenvalue weighted by atomic mass is 35.5. The van der Waals surface area contributed by atoms with Gasteiger partial charge in [0.05, 0.1) is 23.0 Å². The van der Waals surface area contributed by atoms with Gasteiger partial charge >= 0.3 is 5.97 Å². The van der Waals surface area contributed by atoms with Crippen molar-refractivity contribution >= 4 is 17.6 Å². The van der Waals surface area contributed by atoms with Gasteiger partial charge in [0.25, 0.3) is 0 Å². The number of aliphatic hydroxyl groups excluding tert-OH is 1. The molecule has 4 aliphatic rings. The summed E-state index contributed by atoms with van der Waals surface area (Å²) < 4.78 is 11.3. The Morgan fingerprint density at radius 2 is 2.19 bits per heavy atom. The number of esters is 1. The van der Waals surface area contributed by atoms with Gasteiger partial charge in [-0.05, 0) is 20.3 Å². The molecular weight excluding hydrogens is 296 g/mol. The summed E-state index contributed by atoms with van der Waals surface area (Å²) in [4.78, 5) is 11.9.